The average Bonchev–Trinajstić information content (AvgIpc) is 2.10. The van der Waals surface area contributed by atoms with Crippen molar-refractivity contribution in [1.82, 2.24) is 0 Å². The highest BCUT2D eigenvalue weighted by Crippen LogP contribution is 2.15. The summed E-state index contributed by atoms with van der Waals surface area (Å²) in [5.74, 6) is -0.766. The van der Waals surface area contributed by atoms with Gasteiger partial charge in [0.15, 0.2) is 5.22 Å². The molecule has 0 aliphatic heterocycles. The minimum absolute atomic E-state index is 0.00231. The van der Waals surface area contributed by atoms with Crippen LogP contribution in [-0.2, 0) is 16.0 Å². The minimum Gasteiger partial charge on any atom is -0.449 e. The second kappa shape index (κ2) is 2.83. The van der Waals surface area contributed by atoms with Crippen molar-refractivity contribution in [3.63, 3.8) is 0 Å². The smallest absolute Gasteiger partial charge is 0.309 e. The third-order valence-corrected chi connectivity index (χ3v) is 1.78. The summed E-state index contributed by atoms with van der Waals surface area (Å²) in [4.78, 5) is 0. The third-order valence-electron chi connectivity index (χ3n) is 0.944. The highest BCUT2D eigenvalue weighted by Gasteiger charge is 2.11. The second-order valence-electron chi connectivity index (χ2n) is 1.89. The lowest BCUT2D eigenvalue weighted by molar-refractivity contribution is 0.509. The molecular formula is C5H4ClFO3S. The summed E-state index contributed by atoms with van der Waals surface area (Å²) in [6.45, 7) is 0. The maximum Gasteiger partial charge on any atom is 0.309 e. The van der Waals surface area contributed by atoms with E-state index < -0.39 is 16.0 Å². The number of hydrogen-bond donors (Lipinski definition) is 0. The zero-order valence-corrected chi connectivity index (χ0v) is 6.82. The fourth-order valence-electron chi connectivity index (χ4n) is 0.599. The van der Waals surface area contributed by atoms with Gasteiger partial charge < -0.3 is 4.42 Å². The molecule has 0 N–H and O–H groups in total. The van der Waals surface area contributed by atoms with E-state index >= 15 is 0 Å². The lowest BCUT2D eigenvalue weighted by Crippen LogP contribution is -1.93. The molecule has 0 saturated carbocycles. The zero-order chi connectivity index (χ0) is 8.48. The van der Waals surface area contributed by atoms with Gasteiger partial charge >= 0.3 is 10.2 Å². The van der Waals surface area contributed by atoms with Crippen molar-refractivity contribution in [2.75, 3.05) is 0 Å². The molecule has 1 rings (SSSR count). The van der Waals surface area contributed by atoms with Crippen LogP contribution in [0.5, 0.6) is 0 Å². The fourth-order valence-corrected chi connectivity index (χ4v) is 1.26. The van der Waals surface area contributed by atoms with Gasteiger partial charge in [-0.1, -0.05) is 0 Å². The van der Waals surface area contributed by atoms with Crippen LogP contribution in [-0.4, -0.2) is 8.42 Å². The molecule has 1 heterocycles. The van der Waals surface area contributed by atoms with Crippen molar-refractivity contribution in [2.24, 2.45) is 0 Å². The summed E-state index contributed by atoms with van der Waals surface area (Å²) in [6, 6.07) is 2.65. The van der Waals surface area contributed by atoms with Gasteiger partial charge in [-0.05, 0) is 23.7 Å². The Bertz CT molecular complexity index is 342. The van der Waals surface area contributed by atoms with Gasteiger partial charge in [-0.15, -0.1) is 3.89 Å². The zero-order valence-electron chi connectivity index (χ0n) is 5.25. The maximum atomic E-state index is 12.0. The maximum absolute atomic E-state index is 12.0. The van der Waals surface area contributed by atoms with Crippen LogP contribution in [0.2, 0.25) is 5.22 Å². The topological polar surface area (TPSA) is 47.3 Å². The van der Waals surface area contributed by atoms with Crippen LogP contribution in [0.4, 0.5) is 3.89 Å². The quantitative estimate of drug-likeness (QED) is 0.680. The van der Waals surface area contributed by atoms with Crippen molar-refractivity contribution in [3.05, 3.63) is 23.1 Å². The van der Waals surface area contributed by atoms with Crippen molar-refractivity contribution in [1.29, 1.82) is 0 Å². The van der Waals surface area contributed by atoms with Gasteiger partial charge in [0.05, 0.1) is 0 Å². The summed E-state index contributed by atoms with van der Waals surface area (Å²) in [5, 5.41) is 0.0450. The Kier molecular flexibility index (Phi) is 2.20. The van der Waals surface area contributed by atoms with Crippen molar-refractivity contribution < 1.29 is 16.7 Å². The number of rotatable bonds is 2. The van der Waals surface area contributed by atoms with Gasteiger partial charge in [0, 0.05) is 0 Å². The largest absolute Gasteiger partial charge is 0.449 e. The number of furan rings is 1. The molecule has 3 nitrogen and oxygen atoms in total. The SMILES string of the molecule is O=S(=O)(F)Cc1ccc(Cl)o1. The first-order valence-corrected chi connectivity index (χ1v) is 4.57. The highest BCUT2D eigenvalue weighted by atomic mass is 35.5. The lowest BCUT2D eigenvalue weighted by Gasteiger charge is -1.87. The van der Waals surface area contributed by atoms with Gasteiger partial charge in [-0.25, -0.2) is 0 Å². The molecule has 0 bridgehead atoms. The first-order valence-electron chi connectivity index (χ1n) is 2.64. The van der Waals surface area contributed by atoms with Crippen LogP contribution in [0.3, 0.4) is 0 Å². The molecule has 11 heavy (non-hydrogen) atoms. The van der Waals surface area contributed by atoms with Crippen molar-refractivity contribution in [3.8, 4) is 0 Å². The van der Waals surface area contributed by atoms with E-state index in [4.69, 9.17) is 11.6 Å². The summed E-state index contributed by atoms with van der Waals surface area (Å²) in [7, 11) is -4.52. The molecule has 0 amide bonds. The Morgan fingerprint density at radius 3 is 2.55 bits per heavy atom. The molecule has 0 atom stereocenters. The van der Waals surface area contributed by atoms with E-state index in [0.717, 1.165) is 0 Å². The molecule has 0 aliphatic carbocycles. The molecule has 0 unspecified atom stereocenters. The molecule has 0 saturated heterocycles. The summed E-state index contributed by atoms with van der Waals surface area (Å²) in [5.41, 5.74) is 0. The van der Waals surface area contributed by atoms with Crippen LogP contribution in [0.25, 0.3) is 0 Å². The lowest BCUT2D eigenvalue weighted by atomic mass is 10.5. The molecule has 6 heteroatoms. The molecule has 0 fully saturated rings. The first kappa shape index (κ1) is 8.55. The first-order chi connectivity index (χ1) is 4.97. The Hall–Kier alpha value is -0.550. The van der Waals surface area contributed by atoms with E-state index in [2.05, 4.69) is 4.42 Å². The van der Waals surface area contributed by atoms with Gasteiger partial charge in [0.25, 0.3) is 0 Å². The van der Waals surface area contributed by atoms with Crippen molar-refractivity contribution >= 4 is 21.8 Å². The molecule has 62 valence electrons. The average molecular weight is 199 g/mol. The van der Waals surface area contributed by atoms with Gasteiger partial charge in [-0.2, -0.15) is 8.42 Å². The standard InChI is InChI=1S/C5H4ClFO3S/c6-5-2-1-4(10-5)3-11(7,8)9/h1-2H,3H2. The van der Waals surface area contributed by atoms with Crippen LogP contribution in [0.15, 0.2) is 16.5 Å². The van der Waals surface area contributed by atoms with E-state index in [9.17, 15) is 12.3 Å². The number of halogens is 2. The van der Waals surface area contributed by atoms with Crippen LogP contribution >= 0.6 is 11.6 Å². The van der Waals surface area contributed by atoms with Crippen molar-refractivity contribution in [2.45, 2.75) is 5.75 Å². The highest BCUT2D eigenvalue weighted by molar-refractivity contribution is 7.85. The summed E-state index contributed by atoms with van der Waals surface area (Å²) < 4.78 is 36.6. The Labute approximate surface area is 68.0 Å². The normalized spacial score (nSPS) is 11.8. The molecule has 0 aliphatic rings. The molecule has 1 aromatic heterocycles. The van der Waals surface area contributed by atoms with E-state index in [1.54, 1.807) is 0 Å². The van der Waals surface area contributed by atoms with Crippen LogP contribution < -0.4 is 0 Å². The van der Waals surface area contributed by atoms with Gasteiger partial charge in [-0.3, -0.25) is 0 Å². The van der Waals surface area contributed by atoms with Crippen LogP contribution in [0, 0.1) is 0 Å². The molecule has 0 radical (unpaired) electrons. The molecule has 0 spiro atoms. The van der Waals surface area contributed by atoms with E-state index in [-0.39, 0.29) is 11.0 Å². The van der Waals surface area contributed by atoms with Gasteiger partial charge in [0.2, 0.25) is 0 Å². The third kappa shape index (κ3) is 2.90. The van der Waals surface area contributed by atoms with E-state index in [1.807, 2.05) is 0 Å². The van der Waals surface area contributed by atoms with Gasteiger partial charge in [0.1, 0.15) is 11.5 Å². The Balaban J connectivity index is 2.81. The van der Waals surface area contributed by atoms with E-state index in [1.165, 1.54) is 12.1 Å². The predicted molar refractivity (Wildman–Crippen MR) is 37.4 cm³/mol. The second-order valence-corrected chi connectivity index (χ2v) is 3.63. The van der Waals surface area contributed by atoms with E-state index in [0.29, 0.717) is 0 Å². The summed E-state index contributed by atoms with van der Waals surface area (Å²) in [6.07, 6.45) is 0. The Morgan fingerprint density at radius 1 is 1.55 bits per heavy atom. The Morgan fingerprint density at radius 2 is 2.18 bits per heavy atom. The minimum atomic E-state index is -4.52. The fraction of sp³-hybridized carbons (Fsp3) is 0.200. The molecule has 0 aromatic carbocycles. The predicted octanol–water partition coefficient (Wildman–Crippen LogP) is 1.73. The molecular weight excluding hydrogens is 195 g/mol. The monoisotopic (exact) mass is 198 g/mol. The summed E-state index contributed by atoms with van der Waals surface area (Å²) >= 11 is 5.31. The molecule has 1 aromatic rings. The van der Waals surface area contributed by atoms with Crippen LogP contribution in [0.1, 0.15) is 5.76 Å². The number of hydrogen-bond acceptors (Lipinski definition) is 3.